The minimum atomic E-state index is 0.802. The molecule has 0 spiro atoms. The maximum atomic E-state index is 5.85. The lowest BCUT2D eigenvalue weighted by molar-refractivity contribution is 0.180. The van der Waals surface area contributed by atoms with Crippen LogP contribution >= 0.6 is 0 Å². The number of nitrogens with zero attached hydrogens (tertiary/aromatic N) is 1. The number of anilines is 1. The van der Waals surface area contributed by atoms with Crippen LogP contribution in [0.1, 0.15) is 25.7 Å². The van der Waals surface area contributed by atoms with E-state index in [-0.39, 0.29) is 0 Å². The van der Waals surface area contributed by atoms with Crippen LogP contribution in [0.15, 0.2) is 24.3 Å². The summed E-state index contributed by atoms with van der Waals surface area (Å²) < 4.78 is 5.85. The van der Waals surface area contributed by atoms with Crippen LogP contribution < -0.4 is 15.0 Å². The Kier molecular flexibility index (Phi) is 4.23. The van der Waals surface area contributed by atoms with Gasteiger partial charge in [0.05, 0.1) is 6.61 Å². The zero-order valence-corrected chi connectivity index (χ0v) is 11.6. The molecule has 104 valence electrons. The van der Waals surface area contributed by atoms with Crippen LogP contribution in [0.2, 0.25) is 0 Å². The molecule has 1 N–H and O–H groups in total. The van der Waals surface area contributed by atoms with E-state index in [0.29, 0.717) is 0 Å². The van der Waals surface area contributed by atoms with Gasteiger partial charge in [-0.25, -0.2) is 0 Å². The zero-order valence-electron chi connectivity index (χ0n) is 11.6. The van der Waals surface area contributed by atoms with E-state index in [1.165, 1.54) is 31.4 Å². The van der Waals surface area contributed by atoms with Crippen molar-refractivity contribution in [3.63, 3.8) is 0 Å². The predicted octanol–water partition coefficient (Wildman–Crippen LogP) is 2.67. The number of hydrogen-bond acceptors (Lipinski definition) is 3. The average Bonchev–Trinajstić information content (AvgIpc) is 2.67. The van der Waals surface area contributed by atoms with Gasteiger partial charge in [-0.05, 0) is 56.0 Å². The van der Waals surface area contributed by atoms with Crippen LogP contribution in [0.4, 0.5) is 5.69 Å². The summed E-state index contributed by atoms with van der Waals surface area (Å²) in [7, 11) is 0. The molecule has 2 aliphatic rings. The van der Waals surface area contributed by atoms with Gasteiger partial charge < -0.3 is 15.0 Å². The Morgan fingerprint density at radius 2 is 1.89 bits per heavy atom. The highest BCUT2D eigenvalue weighted by Gasteiger charge is 2.17. The highest BCUT2D eigenvalue weighted by atomic mass is 16.5. The third kappa shape index (κ3) is 3.41. The van der Waals surface area contributed by atoms with E-state index in [1.807, 2.05) is 0 Å². The normalized spacial score (nSPS) is 20.7. The van der Waals surface area contributed by atoms with Crippen LogP contribution in [0, 0.1) is 5.92 Å². The molecule has 0 bridgehead atoms. The monoisotopic (exact) mass is 260 g/mol. The molecule has 3 heteroatoms. The molecular formula is C16H24N2O. The van der Waals surface area contributed by atoms with Crippen molar-refractivity contribution in [3.8, 4) is 5.75 Å². The zero-order chi connectivity index (χ0) is 12.9. The molecule has 2 fully saturated rings. The van der Waals surface area contributed by atoms with Gasteiger partial charge in [-0.15, -0.1) is 0 Å². The van der Waals surface area contributed by atoms with E-state index in [4.69, 9.17) is 4.74 Å². The summed E-state index contributed by atoms with van der Waals surface area (Å²) in [6.45, 7) is 5.36. The highest BCUT2D eigenvalue weighted by Crippen LogP contribution is 2.27. The van der Waals surface area contributed by atoms with Crippen molar-refractivity contribution >= 4 is 5.69 Å². The first kappa shape index (κ1) is 12.8. The molecule has 3 rings (SSSR count). The molecule has 3 nitrogen and oxygen atoms in total. The summed E-state index contributed by atoms with van der Waals surface area (Å²) in [5.41, 5.74) is 1.32. The summed E-state index contributed by atoms with van der Waals surface area (Å²) in [6.07, 6.45) is 5.30. The Labute approximate surface area is 115 Å². The van der Waals surface area contributed by atoms with Gasteiger partial charge in [0.2, 0.25) is 0 Å². The van der Waals surface area contributed by atoms with Crippen LogP contribution in [0.25, 0.3) is 0 Å². The van der Waals surface area contributed by atoms with E-state index in [9.17, 15) is 0 Å². The first-order valence-electron chi connectivity index (χ1n) is 7.60. The molecule has 19 heavy (non-hydrogen) atoms. The van der Waals surface area contributed by atoms with Crippen molar-refractivity contribution in [1.82, 2.24) is 5.32 Å². The van der Waals surface area contributed by atoms with Crippen molar-refractivity contribution in [3.05, 3.63) is 24.3 Å². The lowest BCUT2D eigenvalue weighted by atomic mass is 9.86. The fraction of sp³-hybridized carbons (Fsp3) is 0.625. The topological polar surface area (TPSA) is 24.5 Å². The lowest BCUT2D eigenvalue weighted by Crippen LogP contribution is -2.27. The molecule has 0 atom stereocenters. The van der Waals surface area contributed by atoms with Crippen molar-refractivity contribution < 1.29 is 4.74 Å². The maximum absolute atomic E-state index is 5.85. The first-order valence-corrected chi connectivity index (χ1v) is 7.60. The van der Waals surface area contributed by atoms with E-state index in [2.05, 4.69) is 34.5 Å². The molecule has 1 aliphatic carbocycles. The Balaban J connectivity index is 1.54. The number of ether oxygens (including phenoxy) is 1. The van der Waals surface area contributed by atoms with Crippen molar-refractivity contribution in [2.45, 2.75) is 25.7 Å². The second-order valence-corrected chi connectivity index (χ2v) is 5.69. The fourth-order valence-electron chi connectivity index (χ4n) is 2.73. The average molecular weight is 260 g/mol. The van der Waals surface area contributed by atoms with Gasteiger partial charge in [-0.2, -0.15) is 0 Å². The molecule has 1 heterocycles. The number of hydrogen-bond donors (Lipinski definition) is 1. The van der Waals surface area contributed by atoms with E-state index < -0.39 is 0 Å². The Hall–Kier alpha value is -1.22. The fourth-order valence-corrected chi connectivity index (χ4v) is 2.73. The smallest absolute Gasteiger partial charge is 0.119 e. The molecule has 0 unspecified atom stereocenters. The molecular weight excluding hydrogens is 236 g/mol. The van der Waals surface area contributed by atoms with Gasteiger partial charge >= 0.3 is 0 Å². The Morgan fingerprint density at radius 3 is 2.63 bits per heavy atom. The van der Waals surface area contributed by atoms with E-state index in [1.54, 1.807) is 0 Å². The van der Waals surface area contributed by atoms with Gasteiger partial charge in [-0.3, -0.25) is 0 Å². The predicted molar refractivity (Wildman–Crippen MR) is 79.0 cm³/mol. The van der Waals surface area contributed by atoms with E-state index >= 15 is 0 Å². The van der Waals surface area contributed by atoms with Gasteiger partial charge in [0.1, 0.15) is 5.75 Å². The molecule has 0 amide bonds. The van der Waals surface area contributed by atoms with Gasteiger partial charge in [0, 0.05) is 25.3 Å². The molecule has 1 aliphatic heterocycles. The summed E-state index contributed by atoms with van der Waals surface area (Å²) >= 11 is 0. The summed E-state index contributed by atoms with van der Waals surface area (Å²) in [5.74, 6) is 1.82. The summed E-state index contributed by atoms with van der Waals surface area (Å²) in [6, 6.07) is 8.63. The van der Waals surface area contributed by atoms with Crippen LogP contribution in [-0.2, 0) is 0 Å². The minimum absolute atomic E-state index is 0.802. The maximum Gasteiger partial charge on any atom is 0.119 e. The van der Waals surface area contributed by atoms with Crippen molar-refractivity contribution in [2.24, 2.45) is 5.92 Å². The molecule has 1 saturated carbocycles. The molecule has 0 aromatic heterocycles. The quantitative estimate of drug-likeness (QED) is 0.901. The second kappa shape index (κ2) is 6.29. The summed E-state index contributed by atoms with van der Waals surface area (Å²) in [5, 5.41) is 3.44. The van der Waals surface area contributed by atoms with Gasteiger partial charge in [-0.1, -0.05) is 6.42 Å². The van der Waals surface area contributed by atoms with Gasteiger partial charge in [0.15, 0.2) is 0 Å². The standard InChI is InChI=1S/C16H24N2O/c1-3-14(4-1)13-19-16-7-5-15(6-8-16)18-11-2-9-17-10-12-18/h5-8,14,17H,1-4,9-13H2. The number of rotatable bonds is 4. The number of nitrogens with one attached hydrogen (secondary N) is 1. The van der Waals surface area contributed by atoms with Gasteiger partial charge in [0.25, 0.3) is 0 Å². The first-order chi connectivity index (χ1) is 9.42. The number of benzene rings is 1. The Bertz CT molecular complexity index is 378. The third-order valence-electron chi connectivity index (χ3n) is 4.25. The molecule has 1 saturated heterocycles. The molecule has 0 radical (unpaired) electrons. The van der Waals surface area contributed by atoms with Crippen LogP contribution in [0.5, 0.6) is 5.75 Å². The van der Waals surface area contributed by atoms with Crippen molar-refractivity contribution in [1.29, 1.82) is 0 Å². The SMILES string of the molecule is c1cc(N2CCCNCC2)ccc1OCC1CCC1. The third-order valence-corrected chi connectivity index (χ3v) is 4.25. The largest absolute Gasteiger partial charge is 0.493 e. The minimum Gasteiger partial charge on any atom is -0.493 e. The Morgan fingerprint density at radius 1 is 1.05 bits per heavy atom. The van der Waals surface area contributed by atoms with E-state index in [0.717, 1.165) is 44.5 Å². The summed E-state index contributed by atoms with van der Waals surface area (Å²) in [4.78, 5) is 2.45. The second-order valence-electron chi connectivity index (χ2n) is 5.69. The lowest BCUT2D eigenvalue weighted by Gasteiger charge is -2.25. The van der Waals surface area contributed by atoms with Crippen LogP contribution in [-0.4, -0.2) is 32.8 Å². The molecule has 1 aromatic rings. The molecule has 1 aromatic carbocycles. The van der Waals surface area contributed by atoms with Crippen molar-refractivity contribution in [2.75, 3.05) is 37.7 Å². The van der Waals surface area contributed by atoms with Crippen LogP contribution in [0.3, 0.4) is 0 Å². The highest BCUT2D eigenvalue weighted by molar-refractivity contribution is 5.49.